The van der Waals surface area contributed by atoms with Gasteiger partial charge in [0.25, 0.3) is 0 Å². The lowest BCUT2D eigenvalue weighted by Gasteiger charge is -2.19. The number of nitrogens with zero attached hydrogens (tertiary/aromatic N) is 1. The smallest absolute Gasteiger partial charge is 0.319 e. The lowest BCUT2D eigenvalue weighted by atomic mass is 10.3. The van der Waals surface area contributed by atoms with Crippen LogP contribution >= 0.6 is 0 Å². The Kier molecular flexibility index (Phi) is 11.1. The van der Waals surface area contributed by atoms with E-state index in [1.165, 1.54) is 14.2 Å². The zero-order valence-corrected chi connectivity index (χ0v) is 11.8. The highest BCUT2D eigenvalue weighted by Crippen LogP contribution is 1.95. The normalized spacial score (nSPS) is 10.5. The van der Waals surface area contributed by atoms with Crippen LogP contribution in [0.3, 0.4) is 0 Å². The monoisotopic (exact) mass is 277 g/mol. The van der Waals surface area contributed by atoms with Gasteiger partial charge in [0.15, 0.2) is 0 Å². The van der Waals surface area contributed by atoms with Crippen molar-refractivity contribution >= 4 is 11.9 Å². The SMILES string of the molecule is COCCOCCCN(CC(=O)OC)CC(=O)OC. The van der Waals surface area contributed by atoms with E-state index in [0.717, 1.165) is 0 Å². The van der Waals surface area contributed by atoms with Crippen molar-refractivity contribution in [1.82, 2.24) is 4.90 Å². The maximum Gasteiger partial charge on any atom is 0.319 e. The molecule has 112 valence electrons. The first-order valence-electron chi connectivity index (χ1n) is 6.06. The average molecular weight is 277 g/mol. The largest absolute Gasteiger partial charge is 0.468 e. The predicted octanol–water partition coefficient (Wildman–Crippen LogP) is -0.312. The van der Waals surface area contributed by atoms with Gasteiger partial charge in [-0.15, -0.1) is 0 Å². The molecule has 0 atom stereocenters. The Hall–Kier alpha value is -1.18. The molecule has 0 amide bonds. The van der Waals surface area contributed by atoms with E-state index < -0.39 is 0 Å². The predicted molar refractivity (Wildman–Crippen MR) is 67.8 cm³/mol. The standard InChI is InChI=1S/C12H23NO6/c1-16-7-8-19-6-4-5-13(9-11(14)17-2)10-12(15)18-3/h4-10H2,1-3H3. The van der Waals surface area contributed by atoms with Gasteiger partial charge in [-0.1, -0.05) is 0 Å². The van der Waals surface area contributed by atoms with E-state index in [0.29, 0.717) is 32.8 Å². The van der Waals surface area contributed by atoms with Gasteiger partial charge in [-0.3, -0.25) is 14.5 Å². The number of rotatable bonds is 11. The van der Waals surface area contributed by atoms with Crippen molar-refractivity contribution in [1.29, 1.82) is 0 Å². The van der Waals surface area contributed by atoms with Gasteiger partial charge in [0.2, 0.25) is 0 Å². The second kappa shape index (κ2) is 11.9. The summed E-state index contributed by atoms with van der Waals surface area (Å²) in [5.41, 5.74) is 0. The molecule has 0 saturated heterocycles. The maximum atomic E-state index is 11.2. The highest BCUT2D eigenvalue weighted by molar-refractivity contribution is 5.74. The van der Waals surface area contributed by atoms with Crippen molar-refractivity contribution in [2.45, 2.75) is 6.42 Å². The Bertz CT molecular complexity index is 241. The van der Waals surface area contributed by atoms with Gasteiger partial charge in [-0.2, -0.15) is 0 Å². The summed E-state index contributed by atoms with van der Waals surface area (Å²) in [6.45, 7) is 2.30. The number of carbonyl (C=O) groups is 2. The molecule has 0 heterocycles. The molecule has 0 fully saturated rings. The molecule has 0 aromatic rings. The fourth-order valence-corrected chi connectivity index (χ4v) is 1.34. The molecule has 0 aromatic heterocycles. The minimum Gasteiger partial charge on any atom is -0.468 e. The van der Waals surface area contributed by atoms with Gasteiger partial charge >= 0.3 is 11.9 Å². The summed E-state index contributed by atoms with van der Waals surface area (Å²) in [6.07, 6.45) is 0.706. The topological polar surface area (TPSA) is 74.3 Å². The van der Waals surface area contributed by atoms with Crippen LogP contribution in [0.2, 0.25) is 0 Å². The third-order valence-electron chi connectivity index (χ3n) is 2.36. The minimum absolute atomic E-state index is 0.0592. The second-order valence-corrected chi connectivity index (χ2v) is 3.82. The van der Waals surface area contributed by atoms with Crippen molar-refractivity contribution in [2.75, 3.05) is 60.8 Å². The van der Waals surface area contributed by atoms with E-state index in [1.54, 1.807) is 12.0 Å². The van der Waals surface area contributed by atoms with Crippen molar-refractivity contribution in [3.8, 4) is 0 Å². The minimum atomic E-state index is -0.385. The molecule has 0 bridgehead atoms. The van der Waals surface area contributed by atoms with Gasteiger partial charge < -0.3 is 18.9 Å². The Morgan fingerprint density at radius 3 is 1.95 bits per heavy atom. The summed E-state index contributed by atoms with van der Waals surface area (Å²) in [7, 11) is 4.23. The molecule has 0 N–H and O–H groups in total. The van der Waals surface area contributed by atoms with Crippen molar-refractivity contribution in [3.63, 3.8) is 0 Å². The zero-order valence-electron chi connectivity index (χ0n) is 11.8. The maximum absolute atomic E-state index is 11.2. The average Bonchev–Trinajstić information content (AvgIpc) is 2.41. The summed E-state index contributed by atoms with van der Waals surface area (Å²) in [5.74, 6) is -0.770. The molecular formula is C12H23NO6. The summed E-state index contributed by atoms with van der Waals surface area (Å²) in [4.78, 5) is 24.1. The van der Waals surface area contributed by atoms with Crippen LogP contribution in [0.4, 0.5) is 0 Å². The van der Waals surface area contributed by atoms with Crippen molar-refractivity contribution in [3.05, 3.63) is 0 Å². The summed E-state index contributed by atoms with van der Waals surface area (Å²) in [5, 5.41) is 0. The molecule has 0 unspecified atom stereocenters. The molecule has 0 aliphatic heterocycles. The van der Waals surface area contributed by atoms with Crippen LogP contribution in [-0.2, 0) is 28.5 Å². The molecule has 0 spiro atoms. The van der Waals surface area contributed by atoms with E-state index in [1.807, 2.05) is 0 Å². The Morgan fingerprint density at radius 2 is 1.47 bits per heavy atom. The number of methoxy groups -OCH3 is 3. The molecule has 0 aliphatic rings. The molecule has 19 heavy (non-hydrogen) atoms. The third kappa shape index (κ3) is 10.4. The van der Waals surface area contributed by atoms with Crippen LogP contribution in [0.25, 0.3) is 0 Å². The molecule has 0 saturated carbocycles. The van der Waals surface area contributed by atoms with Gasteiger partial charge in [0, 0.05) is 20.3 Å². The first-order chi connectivity index (χ1) is 9.13. The molecular weight excluding hydrogens is 254 g/mol. The summed E-state index contributed by atoms with van der Waals surface area (Å²) < 4.78 is 19.3. The highest BCUT2D eigenvalue weighted by atomic mass is 16.5. The fraction of sp³-hybridized carbons (Fsp3) is 0.833. The van der Waals surface area contributed by atoms with E-state index in [2.05, 4.69) is 9.47 Å². The number of hydrogen-bond donors (Lipinski definition) is 0. The lowest BCUT2D eigenvalue weighted by Crippen LogP contribution is -2.36. The fourth-order valence-electron chi connectivity index (χ4n) is 1.34. The first-order valence-corrected chi connectivity index (χ1v) is 6.06. The second-order valence-electron chi connectivity index (χ2n) is 3.82. The van der Waals surface area contributed by atoms with E-state index in [9.17, 15) is 9.59 Å². The highest BCUT2D eigenvalue weighted by Gasteiger charge is 2.14. The van der Waals surface area contributed by atoms with Crippen LogP contribution in [0.5, 0.6) is 0 Å². The van der Waals surface area contributed by atoms with Crippen LogP contribution in [0.1, 0.15) is 6.42 Å². The molecule has 0 radical (unpaired) electrons. The van der Waals surface area contributed by atoms with E-state index in [-0.39, 0.29) is 25.0 Å². The van der Waals surface area contributed by atoms with Crippen molar-refractivity contribution in [2.24, 2.45) is 0 Å². The van der Waals surface area contributed by atoms with E-state index >= 15 is 0 Å². The number of esters is 2. The summed E-state index contributed by atoms with van der Waals surface area (Å²) >= 11 is 0. The first kappa shape index (κ1) is 17.8. The Labute approximate surface area is 113 Å². The van der Waals surface area contributed by atoms with Crippen molar-refractivity contribution < 1.29 is 28.5 Å². The molecule has 0 aromatic carbocycles. The van der Waals surface area contributed by atoms with Crippen LogP contribution < -0.4 is 0 Å². The van der Waals surface area contributed by atoms with Gasteiger partial charge in [-0.05, 0) is 6.42 Å². The summed E-state index contributed by atoms with van der Waals surface area (Å²) in [6, 6.07) is 0. The number of ether oxygens (including phenoxy) is 4. The van der Waals surface area contributed by atoms with Crippen LogP contribution in [0.15, 0.2) is 0 Å². The molecule has 0 rings (SSSR count). The third-order valence-corrected chi connectivity index (χ3v) is 2.36. The zero-order chi connectivity index (χ0) is 14.5. The molecule has 0 aliphatic carbocycles. The van der Waals surface area contributed by atoms with Crippen LogP contribution in [0, 0.1) is 0 Å². The Morgan fingerprint density at radius 1 is 0.895 bits per heavy atom. The van der Waals surface area contributed by atoms with E-state index in [4.69, 9.17) is 9.47 Å². The lowest BCUT2D eigenvalue weighted by molar-refractivity contribution is -0.145. The van der Waals surface area contributed by atoms with Gasteiger partial charge in [0.1, 0.15) is 0 Å². The quantitative estimate of drug-likeness (QED) is 0.379. The Balaban J connectivity index is 3.90. The van der Waals surface area contributed by atoms with Crippen LogP contribution in [-0.4, -0.2) is 77.6 Å². The van der Waals surface area contributed by atoms with Gasteiger partial charge in [-0.25, -0.2) is 0 Å². The molecule has 7 nitrogen and oxygen atoms in total. The van der Waals surface area contributed by atoms with Gasteiger partial charge in [0.05, 0.1) is 40.5 Å². The number of hydrogen-bond acceptors (Lipinski definition) is 7. The molecule has 7 heteroatoms. The number of carbonyl (C=O) groups excluding carboxylic acids is 2.